The van der Waals surface area contributed by atoms with Crippen molar-refractivity contribution < 1.29 is 9.26 Å². The molecule has 2 N–H and O–H groups in total. The first-order chi connectivity index (χ1) is 7.81. The summed E-state index contributed by atoms with van der Waals surface area (Å²) in [7, 11) is 0. The molecule has 16 heavy (non-hydrogen) atoms. The molecule has 0 atom stereocenters. The zero-order valence-electron chi connectivity index (χ0n) is 9.09. The van der Waals surface area contributed by atoms with Gasteiger partial charge in [-0.25, -0.2) is 0 Å². The van der Waals surface area contributed by atoms with Crippen LogP contribution in [0.25, 0.3) is 0 Å². The fraction of sp³-hybridized carbons (Fsp3) is 0.400. The smallest absolute Gasteiger partial charge is 0.174 e. The second-order valence-electron chi connectivity index (χ2n) is 3.31. The van der Waals surface area contributed by atoms with Crippen LogP contribution in [-0.2, 0) is 19.7 Å². The molecule has 2 heterocycles. The zero-order valence-corrected chi connectivity index (χ0v) is 9.09. The van der Waals surface area contributed by atoms with Gasteiger partial charge in [0.05, 0.1) is 18.1 Å². The first kappa shape index (κ1) is 10.7. The van der Waals surface area contributed by atoms with Crippen molar-refractivity contribution in [2.45, 2.75) is 26.6 Å². The molecule has 2 aromatic heterocycles. The van der Waals surface area contributed by atoms with E-state index in [1.165, 1.54) is 0 Å². The van der Waals surface area contributed by atoms with Crippen LogP contribution in [-0.4, -0.2) is 14.9 Å². The van der Waals surface area contributed by atoms with Crippen LogP contribution in [0.2, 0.25) is 0 Å². The van der Waals surface area contributed by atoms with Crippen molar-refractivity contribution >= 4 is 0 Å². The molecule has 0 bridgehead atoms. The quantitative estimate of drug-likeness (QED) is 0.814. The summed E-state index contributed by atoms with van der Waals surface area (Å²) in [4.78, 5) is 0. The van der Waals surface area contributed by atoms with Gasteiger partial charge in [0.2, 0.25) is 0 Å². The molecule has 0 saturated carbocycles. The Balaban J connectivity index is 1.91. The Morgan fingerprint density at radius 1 is 1.56 bits per heavy atom. The van der Waals surface area contributed by atoms with E-state index in [4.69, 9.17) is 15.0 Å². The number of rotatable bonds is 5. The molecule has 0 aliphatic heterocycles. The highest BCUT2D eigenvalue weighted by molar-refractivity contribution is 5.12. The highest BCUT2D eigenvalue weighted by Crippen LogP contribution is 2.11. The third kappa shape index (κ3) is 2.40. The Bertz CT molecular complexity index is 407. The maximum Gasteiger partial charge on any atom is 0.174 e. The summed E-state index contributed by atoms with van der Waals surface area (Å²) < 4.78 is 12.3. The Hall–Kier alpha value is -1.82. The third-order valence-corrected chi connectivity index (χ3v) is 2.13. The predicted molar refractivity (Wildman–Crippen MR) is 56.6 cm³/mol. The molecule has 2 rings (SSSR count). The van der Waals surface area contributed by atoms with Crippen molar-refractivity contribution in [3.63, 3.8) is 0 Å². The predicted octanol–water partition coefficient (Wildman–Crippen LogP) is 0.929. The minimum Gasteiger partial charge on any atom is -0.482 e. The van der Waals surface area contributed by atoms with Crippen molar-refractivity contribution in [2.75, 3.05) is 0 Å². The molecule has 6 heteroatoms. The molecule has 0 aliphatic rings. The van der Waals surface area contributed by atoms with Gasteiger partial charge in [0, 0.05) is 19.2 Å². The first-order valence-corrected chi connectivity index (χ1v) is 5.11. The number of hydrogen-bond donors (Lipinski definition) is 1. The van der Waals surface area contributed by atoms with Gasteiger partial charge in [-0.15, -0.1) is 0 Å². The van der Waals surface area contributed by atoms with E-state index < -0.39 is 0 Å². The molecule has 0 aromatic carbocycles. The number of ether oxygens (including phenoxy) is 1. The third-order valence-electron chi connectivity index (χ3n) is 2.13. The van der Waals surface area contributed by atoms with Gasteiger partial charge in [-0.1, -0.05) is 5.16 Å². The van der Waals surface area contributed by atoms with E-state index in [2.05, 4.69) is 10.3 Å². The van der Waals surface area contributed by atoms with Crippen molar-refractivity contribution in [3.8, 4) is 5.75 Å². The number of aryl methyl sites for hydroxylation is 1. The SMILES string of the molecule is CCn1cc(OCc2cc(CN)no2)cn1. The molecular weight excluding hydrogens is 208 g/mol. The lowest BCUT2D eigenvalue weighted by atomic mass is 10.4. The first-order valence-electron chi connectivity index (χ1n) is 5.11. The summed E-state index contributed by atoms with van der Waals surface area (Å²) in [5, 5.41) is 7.86. The van der Waals surface area contributed by atoms with E-state index in [1.54, 1.807) is 16.9 Å². The van der Waals surface area contributed by atoms with Crippen LogP contribution in [0.15, 0.2) is 23.0 Å². The Morgan fingerprint density at radius 3 is 3.06 bits per heavy atom. The van der Waals surface area contributed by atoms with E-state index in [0.29, 0.717) is 24.7 Å². The minimum atomic E-state index is 0.336. The van der Waals surface area contributed by atoms with Gasteiger partial charge in [0.15, 0.2) is 11.5 Å². The van der Waals surface area contributed by atoms with Crippen LogP contribution in [0.3, 0.4) is 0 Å². The molecular formula is C10H14N4O2. The Labute approximate surface area is 93.0 Å². The highest BCUT2D eigenvalue weighted by Gasteiger charge is 2.04. The van der Waals surface area contributed by atoms with Crippen molar-refractivity contribution in [1.29, 1.82) is 0 Å². The molecule has 86 valence electrons. The highest BCUT2D eigenvalue weighted by atomic mass is 16.5. The average molecular weight is 222 g/mol. The van der Waals surface area contributed by atoms with Gasteiger partial charge in [-0.3, -0.25) is 4.68 Å². The number of nitrogens with two attached hydrogens (primary N) is 1. The Kier molecular flexibility index (Phi) is 3.21. The summed E-state index contributed by atoms with van der Waals surface area (Å²) in [5.74, 6) is 1.37. The maximum atomic E-state index is 5.47. The molecule has 0 aliphatic carbocycles. The number of aromatic nitrogens is 3. The Morgan fingerprint density at radius 2 is 2.44 bits per heavy atom. The zero-order chi connectivity index (χ0) is 11.4. The summed E-state index contributed by atoms with van der Waals surface area (Å²) in [6.45, 7) is 3.55. The van der Waals surface area contributed by atoms with E-state index in [1.807, 2.05) is 13.1 Å². The second-order valence-corrected chi connectivity index (χ2v) is 3.31. The summed E-state index contributed by atoms with van der Waals surface area (Å²) in [6, 6.07) is 1.78. The number of nitrogens with zero attached hydrogens (tertiary/aromatic N) is 3. The molecule has 0 spiro atoms. The molecule has 0 amide bonds. The second kappa shape index (κ2) is 4.80. The summed E-state index contributed by atoms with van der Waals surface area (Å²) in [5.41, 5.74) is 6.14. The van der Waals surface area contributed by atoms with Gasteiger partial charge in [0.25, 0.3) is 0 Å². The minimum absolute atomic E-state index is 0.336. The van der Waals surface area contributed by atoms with Crippen LogP contribution in [0.1, 0.15) is 18.4 Å². The van der Waals surface area contributed by atoms with Crippen LogP contribution >= 0.6 is 0 Å². The molecule has 0 unspecified atom stereocenters. The largest absolute Gasteiger partial charge is 0.482 e. The molecule has 2 aromatic rings. The molecule has 0 fully saturated rings. The van der Waals surface area contributed by atoms with E-state index in [9.17, 15) is 0 Å². The summed E-state index contributed by atoms with van der Waals surface area (Å²) in [6.07, 6.45) is 3.50. The number of hydrogen-bond acceptors (Lipinski definition) is 5. The van der Waals surface area contributed by atoms with Gasteiger partial charge < -0.3 is 15.0 Å². The summed E-state index contributed by atoms with van der Waals surface area (Å²) >= 11 is 0. The monoisotopic (exact) mass is 222 g/mol. The molecule has 6 nitrogen and oxygen atoms in total. The topological polar surface area (TPSA) is 79.1 Å². The standard InChI is InChI=1S/C10H14N4O2/c1-2-14-6-10(5-12-14)15-7-9-3-8(4-11)13-16-9/h3,5-6H,2,4,7,11H2,1H3. The molecule has 0 radical (unpaired) electrons. The van der Waals surface area contributed by atoms with Gasteiger partial charge >= 0.3 is 0 Å². The lowest BCUT2D eigenvalue weighted by Crippen LogP contribution is -1.96. The maximum absolute atomic E-state index is 5.47. The van der Waals surface area contributed by atoms with Gasteiger partial charge in [0.1, 0.15) is 6.61 Å². The molecule has 0 saturated heterocycles. The fourth-order valence-corrected chi connectivity index (χ4v) is 1.27. The average Bonchev–Trinajstić information content (AvgIpc) is 2.95. The van der Waals surface area contributed by atoms with Crippen LogP contribution in [0.5, 0.6) is 5.75 Å². The van der Waals surface area contributed by atoms with Crippen molar-refractivity contribution in [1.82, 2.24) is 14.9 Å². The van der Waals surface area contributed by atoms with Gasteiger partial charge in [-0.2, -0.15) is 5.10 Å². The lowest BCUT2D eigenvalue weighted by Gasteiger charge is -1.98. The van der Waals surface area contributed by atoms with E-state index >= 15 is 0 Å². The van der Waals surface area contributed by atoms with Crippen molar-refractivity contribution in [2.24, 2.45) is 5.73 Å². The van der Waals surface area contributed by atoms with Crippen LogP contribution in [0, 0.1) is 0 Å². The van der Waals surface area contributed by atoms with E-state index in [-0.39, 0.29) is 0 Å². The normalized spacial score (nSPS) is 10.6. The lowest BCUT2D eigenvalue weighted by molar-refractivity contribution is 0.248. The van der Waals surface area contributed by atoms with Crippen molar-refractivity contribution in [3.05, 3.63) is 29.9 Å². The van der Waals surface area contributed by atoms with Crippen LogP contribution in [0.4, 0.5) is 0 Å². The fourth-order valence-electron chi connectivity index (χ4n) is 1.27. The van der Waals surface area contributed by atoms with Gasteiger partial charge in [-0.05, 0) is 6.92 Å². The van der Waals surface area contributed by atoms with Crippen LogP contribution < -0.4 is 10.5 Å². The van der Waals surface area contributed by atoms with E-state index in [0.717, 1.165) is 12.2 Å².